The highest BCUT2D eigenvalue weighted by Gasteiger charge is 2.44. The van der Waals surface area contributed by atoms with Crippen LogP contribution in [0.3, 0.4) is 0 Å². The molecule has 0 saturated heterocycles. The van der Waals surface area contributed by atoms with Gasteiger partial charge in [-0.2, -0.15) is 0 Å². The Morgan fingerprint density at radius 3 is 1.14 bits per heavy atom. The van der Waals surface area contributed by atoms with Crippen LogP contribution in [0.4, 0.5) is 0 Å². The first kappa shape index (κ1) is 49.1. The molecule has 2 aliphatic rings. The van der Waals surface area contributed by atoms with Gasteiger partial charge in [-0.15, -0.1) is 0 Å². The second kappa shape index (κ2) is 18.1. The average molecular weight is 981 g/mol. The molecular weight excluding hydrogens is 912 g/mol. The van der Waals surface area contributed by atoms with Crippen molar-refractivity contribution in [3.8, 4) is 56.4 Å². The van der Waals surface area contributed by atoms with Gasteiger partial charge in [-0.1, -0.05) is 259 Å². The fraction of sp³-hybridized carbons (Fsp3) is 0.229. The summed E-state index contributed by atoms with van der Waals surface area (Å²) in [6.45, 7) is 27.6. The minimum Gasteiger partial charge on any atom is -0.458 e. The van der Waals surface area contributed by atoms with Crippen molar-refractivity contribution in [2.75, 3.05) is 0 Å². The monoisotopic (exact) mass is 981 g/mol. The molecule has 2 aliphatic heterocycles. The van der Waals surface area contributed by atoms with Gasteiger partial charge in [0, 0.05) is 11.0 Å². The molecule has 0 N–H and O–H groups in total. The van der Waals surface area contributed by atoms with Crippen molar-refractivity contribution in [2.24, 2.45) is 0 Å². The van der Waals surface area contributed by atoms with Crippen LogP contribution < -0.4 is 46.6 Å². The second-order valence-corrected chi connectivity index (χ2v) is 28.8. The molecule has 0 aliphatic carbocycles. The maximum atomic E-state index is 7.48. The van der Waals surface area contributed by atoms with Crippen LogP contribution in [0.15, 0.2) is 200 Å². The molecule has 11 rings (SSSR count). The molecule has 2 nitrogen and oxygen atoms in total. The first-order valence-corrected chi connectivity index (χ1v) is 28.6. The lowest BCUT2D eigenvalue weighted by Gasteiger charge is -2.35. The third-order valence-corrected chi connectivity index (χ3v) is 20.5. The van der Waals surface area contributed by atoms with Gasteiger partial charge >= 0.3 is 0 Å². The van der Waals surface area contributed by atoms with Gasteiger partial charge < -0.3 is 9.47 Å². The Labute approximate surface area is 442 Å². The van der Waals surface area contributed by atoms with Gasteiger partial charge in [0.15, 0.2) is 8.07 Å². The van der Waals surface area contributed by atoms with Gasteiger partial charge in [0.05, 0.1) is 0 Å². The minimum absolute atomic E-state index is 0.00532. The van der Waals surface area contributed by atoms with Crippen LogP contribution in [0.1, 0.15) is 105 Å². The quantitative estimate of drug-likeness (QED) is 0.117. The third-order valence-electron chi connectivity index (χ3n) is 15.7. The van der Waals surface area contributed by atoms with Crippen molar-refractivity contribution in [1.29, 1.82) is 0 Å². The first-order valence-electron chi connectivity index (χ1n) is 26.6. The summed E-state index contributed by atoms with van der Waals surface area (Å²) in [5.41, 5.74) is 15.5. The molecule has 0 fully saturated rings. The molecule has 0 spiro atoms. The summed E-state index contributed by atoms with van der Waals surface area (Å²) in [7, 11) is -2.83. The highest BCUT2D eigenvalue weighted by molar-refractivity contribution is 7.20. The summed E-state index contributed by atoms with van der Waals surface area (Å²) in [4.78, 5) is 0. The molecule has 0 unspecified atom stereocenters. The summed E-state index contributed by atoms with van der Waals surface area (Å²) in [5.74, 6) is 3.44. The van der Waals surface area contributed by atoms with Crippen molar-refractivity contribution in [3.63, 3.8) is 0 Å². The Bertz CT molecular complexity index is 3410. The summed E-state index contributed by atoms with van der Waals surface area (Å²) >= 11 is 0. The number of rotatable bonds is 7. The predicted octanol–water partition coefficient (Wildman–Crippen LogP) is 14.0. The smallest absolute Gasteiger partial charge is 0.260 e. The molecule has 0 amide bonds. The molecular formula is C70H69BO2Si. The molecule has 0 saturated carbocycles. The average Bonchev–Trinajstić information content (AvgIpc) is 3.39. The van der Waals surface area contributed by atoms with Crippen molar-refractivity contribution < 1.29 is 9.47 Å². The highest BCUT2D eigenvalue weighted by atomic mass is 28.3. The third kappa shape index (κ3) is 8.75. The Morgan fingerprint density at radius 2 is 0.716 bits per heavy atom. The lowest BCUT2D eigenvalue weighted by atomic mass is 9.34. The van der Waals surface area contributed by atoms with E-state index in [0.29, 0.717) is 0 Å². The summed E-state index contributed by atoms with van der Waals surface area (Å²) in [6, 6.07) is 75.4. The van der Waals surface area contributed by atoms with Crippen LogP contribution in [0.25, 0.3) is 33.4 Å². The van der Waals surface area contributed by atoms with E-state index in [0.717, 1.165) is 61.6 Å². The van der Waals surface area contributed by atoms with Gasteiger partial charge in [0.25, 0.3) is 6.71 Å². The lowest BCUT2D eigenvalue weighted by molar-refractivity contribution is 0.466. The standard InChI is InChI=1S/C70H69BO2Si/c1-67(2,3)51-37-49(38-52(44-51)68(4,5)6)46-31-34-60-63(42-46)72-62-36-33-59(48-23-22-30-58(41-48)74(55-24-16-13-17-25-55,56-26-18-14-19-27-56)57-28-20-15-21-29-57)66-65(62)71(60)61-35-32-47(43-64(61)73-66)50-39-53(69(7,8)9)45-54(40-50)70(10,11)12/h13-45H,1-12H3. The highest BCUT2D eigenvalue weighted by Crippen LogP contribution is 2.44. The Kier molecular flexibility index (Phi) is 12.0. The topological polar surface area (TPSA) is 18.5 Å². The second-order valence-electron chi connectivity index (χ2n) is 25.0. The molecule has 4 heteroatoms. The maximum absolute atomic E-state index is 7.48. The molecule has 0 aromatic heterocycles. The fourth-order valence-corrected chi connectivity index (χ4v) is 16.2. The van der Waals surface area contributed by atoms with E-state index in [1.165, 1.54) is 54.1 Å². The molecule has 9 aromatic carbocycles. The molecule has 74 heavy (non-hydrogen) atoms. The van der Waals surface area contributed by atoms with E-state index in [1.807, 2.05) is 0 Å². The largest absolute Gasteiger partial charge is 0.458 e. The van der Waals surface area contributed by atoms with Crippen LogP contribution >= 0.6 is 0 Å². The van der Waals surface area contributed by atoms with Crippen LogP contribution in [0.2, 0.25) is 0 Å². The van der Waals surface area contributed by atoms with E-state index in [-0.39, 0.29) is 28.4 Å². The van der Waals surface area contributed by atoms with Gasteiger partial charge in [-0.3, -0.25) is 0 Å². The normalized spacial score (nSPS) is 13.3. The number of ether oxygens (including phenoxy) is 2. The van der Waals surface area contributed by atoms with E-state index in [4.69, 9.17) is 9.47 Å². The molecule has 2 heterocycles. The fourth-order valence-electron chi connectivity index (χ4n) is 11.4. The molecule has 0 atom stereocenters. The van der Waals surface area contributed by atoms with Gasteiger partial charge in [-0.25, -0.2) is 0 Å². The Morgan fingerprint density at radius 1 is 0.311 bits per heavy atom. The first-order chi connectivity index (χ1) is 35.2. The Balaban J connectivity index is 1.12. The van der Waals surface area contributed by atoms with Crippen LogP contribution in [0.5, 0.6) is 23.0 Å². The van der Waals surface area contributed by atoms with E-state index in [9.17, 15) is 0 Å². The van der Waals surface area contributed by atoms with Crippen molar-refractivity contribution in [1.82, 2.24) is 0 Å². The molecule has 9 aromatic rings. The molecule has 0 radical (unpaired) electrons. The number of benzene rings is 9. The summed E-state index contributed by atoms with van der Waals surface area (Å²) in [5, 5.41) is 5.33. The van der Waals surface area contributed by atoms with Crippen LogP contribution in [-0.4, -0.2) is 14.8 Å². The predicted molar refractivity (Wildman–Crippen MR) is 319 cm³/mol. The number of hydrogen-bond donors (Lipinski definition) is 0. The zero-order chi connectivity index (χ0) is 52.0. The van der Waals surface area contributed by atoms with Gasteiger partial charge in [0.1, 0.15) is 23.0 Å². The van der Waals surface area contributed by atoms with Gasteiger partial charge in [0.2, 0.25) is 0 Å². The van der Waals surface area contributed by atoms with Crippen molar-refractivity contribution in [3.05, 3.63) is 222 Å². The van der Waals surface area contributed by atoms with E-state index >= 15 is 0 Å². The molecule has 0 bridgehead atoms. The van der Waals surface area contributed by atoms with E-state index in [2.05, 4.69) is 283 Å². The number of fused-ring (bicyclic) bond motifs is 4. The summed E-state index contributed by atoms with van der Waals surface area (Å²) in [6.07, 6.45) is 0. The lowest BCUT2D eigenvalue weighted by Crippen LogP contribution is -2.74. The zero-order valence-electron chi connectivity index (χ0n) is 45.4. The zero-order valence-corrected chi connectivity index (χ0v) is 46.4. The summed E-state index contributed by atoms with van der Waals surface area (Å²) < 4.78 is 14.6. The molecule has 368 valence electrons. The minimum atomic E-state index is -2.83. The maximum Gasteiger partial charge on any atom is 0.260 e. The number of hydrogen-bond acceptors (Lipinski definition) is 2. The van der Waals surface area contributed by atoms with Crippen LogP contribution in [0, 0.1) is 0 Å². The SMILES string of the molecule is CC(C)(C)c1cc(-c2ccc3c(c2)Oc2ccc(-c4cccc([Si](c5ccccc5)(c5ccccc5)c5ccccc5)c4)c4c2B3c2ccc(-c3cc(C(C)(C)C)cc(C(C)(C)C)c3)cc2O4)cc(C(C)(C)C)c1. The van der Waals surface area contributed by atoms with Crippen molar-refractivity contribution in [2.45, 2.75) is 105 Å². The van der Waals surface area contributed by atoms with Crippen LogP contribution in [-0.2, 0) is 21.7 Å². The van der Waals surface area contributed by atoms with E-state index in [1.54, 1.807) is 0 Å². The van der Waals surface area contributed by atoms with Gasteiger partial charge in [-0.05, 0) is 128 Å². The van der Waals surface area contributed by atoms with E-state index < -0.39 is 8.07 Å². The van der Waals surface area contributed by atoms with Crippen molar-refractivity contribution >= 4 is 51.9 Å². The Hall–Kier alpha value is -7.14.